The molecule has 2 N–H and O–H groups in total. The average Bonchev–Trinajstić information content (AvgIpc) is 2.79. The number of fused-ring (bicyclic) bond motifs is 1. The van der Waals surface area contributed by atoms with Gasteiger partial charge in [-0.15, -0.1) is 0 Å². The first kappa shape index (κ1) is 20.1. The second kappa shape index (κ2) is 8.55. The molecule has 1 aliphatic heterocycles. The normalized spacial score (nSPS) is 15.6. The van der Waals surface area contributed by atoms with Crippen molar-refractivity contribution >= 4 is 40.8 Å². The van der Waals surface area contributed by atoms with Crippen molar-refractivity contribution in [2.24, 2.45) is 0 Å². The maximum Gasteiger partial charge on any atom is 0.338 e. The molecule has 0 aliphatic carbocycles. The maximum absolute atomic E-state index is 12.8. The zero-order valence-electron chi connectivity index (χ0n) is 16.1. The number of carbonyl (C=O) groups is 4. The highest BCUT2D eigenvalue weighted by atomic mass is 16.5. The predicted octanol–water partition coefficient (Wildman–Crippen LogP) is 2.57. The van der Waals surface area contributed by atoms with Gasteiger partial charge in [0, 0.05) is 25.1 Å². The number of carbonyl (C=O) groups excluding carboxylic acids is 4. The molecule has 3 rings (SSSR count). The summed E-state index contributed by atoms with van der Waals surface area (Å²) in [4.78, 5) is 49.8. The van der Waals surface area contributed by atoms with Gasteiger partial charge in [-0.1, -0.05) is 18.2 Å². The molecule has 0 unspecified atom stereocenters. The number of esters is 1. The Kier molecular flexibility index (Phi) is 5.92. The summed E-state index contributed by atoms with van der Waals surface area (Å²) in [5.41, 5.74) is 1.76. The highest BCUT2D eigenvalue weighted by molar-refractivity contribution is 6.05. The summed E-state index contributed by atoms with van der Waals surface area (Å²) in [5, 5.41) is 5.36. The van der Waals surface area contributed by atoms with Crippen LogP contribution >= 0.6 is 0 Å². The fraction of sp³-hybridized carbons (Fsp3) is 0.238. The molecule has 0 aromatic heterocycles. The smallest absolute Gasteiger partial charge is 0.338 e. The van der Waals surface area contributed by atoms with Gasteiger partial charge in [0.1, 0.15) is 0 Å². The van der Waals surface area contributed by atoms with Gasteiger partial charge >= 0.3 is 5.97 Å². The molecule has 0 saturated heterocycles. The standard InChI is InChI=1S/C21H21N3O5/c1-13-10-19(26)23-17-8-3-4-9-18(17)24(13)20(27)12-29-21(28)15-6-5-7-16(11-15)22-14(2)25/h3-9,11,13H,10,12H2,1-2H3,(H,22,25)(H,23,26)/t13-/m0/s1. The number of rotatable bonds is 4. The van der Waals surface area contributed by atoms with Gasteiger partial charge in [-0.2, -0.15) is 0 Å². The van der Waals surface area contributed by atoms with E-state index in [0.29, 0.717) is 17.1 Å². The fourth-order valence-electron chi connectivity index (χ4n) is 3.18. The molecule has 3 amide bonds. The van der Waals surface area contributed by atoms with Crippen LogP contribution in [-0.2, 0) is 19.1 Å². The van der Waals surface area contributed by atoms with Gasteiger partial charge in [-0.25, -0.2) is 4.79 Å². The lowest BCUT2D eigenvalue weighted by Crippen LogP contribution is -2.41. The first-order valence-corrected chi connectivity index (χ1v) is 9.11. The molecule has 2 aromatic rings. The summed E-state index contributed by atoms with van der Waals surface area (Å²) >= 11 is 0. The summed E-state index contributed by atoms with van der Waals surface area (Å²) in [6, 6.07) is 12.8. The highest BCUT2D eigenvalue weighted by Gasteiger charge is 2.30. The lowest BCUT2D eigenvalue weighted by atomic mass is 10.1. The number of nitrogens with one attached hydrogen (secondary N) is 2. The van der Waals surface area contributed by atoms with E-state index in [1.54, 1.807) is 43.3 Å². The average molecular weight is 395 g/mol. The van der Waals surface area contributed by atoms with Crippen LogP contribution in [0.25, 0.3) is 0 Å². The number of ether oxygens (including phenoxy) is 1. The lowest BCUT2D eigenvalue weighted by molar-refractivity contribution is -0.122. The Balaban J connectivity index is 1.72. The maximum atomic E-state index is 12.8. The zero-order chi connectivity index (χ0) is 21.0. The van der Waals surface area contributed by atoms with Crippen LogP contribution in [0.3, 0.4) is 0 Å². The van der Waals surface area contributed by atoms with Crippen LogP contribution < -0.4 is 15.5 Å². The van der Waals surface area contributed by atoms with Crippen LogP contribution in [0, 0.1) is 0 Å². The Hall–Kier alpha value is -3.68. The van der Waals surface area contributed by atoms with Crippen LogP contribution in [0.1, 0.15) is 30.6 Å². The van der Waals surface area contributed by atoms with Gasteiger partial charge in [0.05, 0.1) is 16.9 Å². The SMILES string of the molecule is CC(=O)Nc1cccc(C(=O)OCC(=O)N2c3ccccc3NC(=O)C[C@@H]2C)c1. The van der Waals surface area contributed by atoms with Crippen molar-refractivity contribution in [2.45, 2.75) is 26.3 Å². The quantitative estimate of drug-likeness (QED) is 0.774. The van der Waals surface area contributed by atoms with Crippen LogP contribution in [0.5, 0.6) is 0 Å². The topological polar surface area (TPSA) is 105 Å². The molecule has 0 spiro atoms. The van der Waals surface area contributed by atoms with E-state index in [-0.39, 0.29) is 23.8 Å². The molecular formula is C21H21N3O5. The number of benzene rings is 2. The zero-order valence-corrected chi connectivity index (χ0v) is 16.1. The van der Waals surface area contributed by atoms with Crippen molar-refractivity contribution in [1.29, 1.82) is 0 Å². The summed E-state index contributed by atoms with van der Waals surface area (Å²) in [5.74, 6) is -1.57. The number of hydrogen-bond acceptors (Lipinski definition) is 5. The van der Waals surface area contributed by atoms with Gasteiger partial charge in [0.15, 0.2) is 6.61 Å². The molecule has 150 valence electrons. The second-order valence-corrected chi connectivity index (χ2v) is 6.72. The lowest BCUT2D eigenvalue weighted by Gasteiger charge is -2.27. The van der Waals surface area contributed by atoms with E-state index >= 15 is 0 Å². The Bertz CT molecular complexity index is 972. The van der Waals surface area contributed by atoms with E-state index in [1.807, 2.05) is 0 Å². The van der Waals surface area contributed by atoms with E-state index in [2.05, 4.69) is 10.6 Å². The Labute approximate surface area is 167 Å². The van der Waals surface area contributed by atoms with Crippen molar-refractivity contribution in [2.75, 3.05) is 22.1 Å². The number of hydrogen-bond donors (Lipinski definition) is 2. The number of nitrogens with zero attached hydrogens (tertiary/aromatic N) is 1. The summed E-state index contributed by atoms with van der Waals surface area (Å²) in [6.45, 7) is 2.65. The van der Waals surface area contributed by atoms with Crippen molar-refractivity contribution in [3.8, 4) is 0 Å². The molecule has 0 radical (unpaired) electrons. The third kappa shape index (κ3) is 4.78. The molecule has 29 heavy (non-hydrogen) atoms. The van der Waals surface area contributed by atoms with E-state index in [1.165, 1.54) is 24.0 Å². The molecule has 0 saturated carbocycles. The third-order valence-electron chi connectivity index (χ3n) is 4.37. The van der Waals surface area contributed by atoms with E-state index < -0.39 is 24.5 Å². The molecule has 8 nitrogen and oxygen atoms in total. The molecule has 1 atom stereocenters. The van der Waals surface area contributed by atoms with Gasteiger partial charge in [-0.05, 0) is 37.3 Å². The minimum Gasteiger partial charge on any atom is -0.452 e. The Morgan fingerprint density at radius 1 is 1.17 bits per heavy atom. The van der Waals surface area contributed by atoms with Crippen LogP contribution in [0.2, 0.25) is 0 Å². The molecule has 0 bridgehead atoms. The monoisotopic (exact) mass is 395 g/mol. The minimum absolute atomic E-state index is 0.132. The largest absolute Gasteiger partial charge is 0.452 e. The summed E-state index contributed by atoms with van der Waals surface area (Å²) in [7, 11) is 0. The van der Waals surface area contributed by atoms with Crippen molar-refractivity contribution in [3.05, 3.63) is 54.1 Å². The first-order chi connectivity index (χ1) is 13.8. The van der Waals surface area contributed by atoms with Gasteiger partial charge in [0.2, 0.25) is 11.8 Å². The highest BCUT2D eigenvalue weighted by Crippen LogP contribution is 2.31. The van der Waals surface area contributed by atoms with Gasteiger partial charge in [-0.3, -0.25) is 14.4 Å². The molecule has 1 heterocycles. The number of para-hydroxylation sites is 2. The fourth-order valence-corrected chi connectivity index (χ4v) is 3.18. The third-order valence-corrected chi connectivity index (χ3v) is 4.37. The van der Waals surface area contributed by atoms with Gasteiger partial charge in [0.25, 0.3) is 5.91 Å². The molecule has 0 fully saturated rings. The Morgan fingerprint density at radius 2 is 1.93 bits per heavy atom. The molecular weight excluding hydrogens is 374 g/mol. The molecule has 1 aliphatic rings. The Morgan fingerprint density at radius 3 is 2.69 bits per heavy atom. The van der Waals surface area contributed by atoms with Gasteiger partial charge < -0.3 is 20.3 Å². The van der Waals surface area contributed by atoms with Crippen molar-refractivity contribution in [3.63, 3.8) is 0 Å². The summed E-state index contributed by atoms with van der Waals surface area (Å²) < 4.78 is 5.19. The summed E-state index contributed by atoms with van der Waals surface area (Å²) in [6.07, 6.45) is 0.132. The minimum atomic E-state index is -0.685. The number of amides is 3. The van der Waals surface area contributed by atoms with E-state index in [9.17, 15) is 19.2 Å². The van der Waals surface area contributed by atoms with E-state index in [0.717, 1.165) is 0 Å². The van der Waals surface area contributed by atoms with Crippen LogP contribution in [-0.4, -0.2) is 36.3 Å². The van der Waals surface area contributed by atoms with E-state index in [4.69, 9.17) is 4.74 Å². The molecule has 8 heteroatoms. The second-order valence-electron chi connectivity index (χ2n) is 6.72. The molecule has 2 aromatic carbocycles. The van der Waals surface area contributed by atoms with Crippen LogP contribution in [0.4, 0.5) is 17.1 Å². The predicted molar refractivity (Wildman–Crippen MR) is 108 cm³/mol. The van der Waals surface area contributed by atoms with Crippen LogP contribution in [0.15, 0.2) is 48.5 Å². The first-order valence-electron chi connectivity index (χ1n) is 9.11. The van der Waals surface area contributed by atoms with Crippen molar-refractivity contribution in [1.82, 2.24) is 0 Å². The number of anilines is 3. The van der Waals surface area contributed by atoms with Crippen molar-refractivity contribution < 1.29 is 23.9 Å².